The van der Waals surface area contributed by atoms with E-state index in [1.807, 2.05) is 0 Å². The molecule has 0 aromatic carbocycles. The normalized spacial score (nSPS) is 46.7. The maximum atomic E-state index is 6.59. The Kier molecular flexibility index (Phi) is 3.22. The number of rotatable bonds is 0. The van der Waals surface area contributed by atoms with Crippen LogP contribution in [0.3, 0.4) is 0 Å². The summed E-state index contributed by atoms with van der Waals surface area (Å²) >= 11 is 50.6. The highest BCUT2D eigenvalue weighted by Crippen LogP contribution is 2.76. The maximum Gasteiger partial charge on any atom is 0.191 e. The van der Waals surface area contributed by atoms with Crippen LogP contribution < -0.4 is 0 Å². The topological polar surface area (TPSA) is 0 Å². The summed E-state index contributed by atoms with van der Waals surface area (Å²) in [5.74, 6) is 0.0197. The minimum atomic E-state index is -1.77. The van der Waals surface area contributed by atoms with Crippen LogP contribution in [0.15, 0.2) is 11.1 Å². The van der Waals surface area contributed by atoms with E-state index in [-0.39, 0.29) is 11.3 Å². The van der Waals surface area contributed by atoms with Crippen LogP contribution >= 0.6 is 92.8 Å². The van der Waals surface area contributed by atoms with E-state index in [9.17, 15) is 0 Å². The van der Waals surface area contributed by atoms with Crippen LogP contribution in [0.4, 0.5) is 0 Å². The third kappa shape index (κ3) is 1.41. The molecule has 0 aromatic heterocycles. The predicted molar refractivity (Wildman–Crippen MR) is 81.3 cm³/mol. The van der Waals surface area contributed by atoms with Crippen molar-refractivity contribution in [3.63, 3.8) is 0 Å². The van der Waals surface area contributed by atoms with Gasteiger partial charge in [0.15, 0.2) is 13.0 Å². The van der Waals surface area contributed by atoms with Crippen molar-refractivity contribution >= 4 is 92.8 Å². The molecule has 1 fully saturated rings. The molecule has 18 heavy (non-hydrogen) atoms. The van der Waals surface area contributed by atoms with E-state index in [4.69, 9.17) is 92.8 Å². The molecule has 0 nitrogen and oxygen atoms in total. The van der Waals surface area contributed by atoms with Crippen molar-refractivity contribution in [1.29, 1.82) is 0 Å². The lowest BCUT2D eigenvalue weighted by molar-refractivity contribution is 0.591. The Bertz CT molecular complexity index is 464. The summed E-state index contributed by atoms with van der Waals surface area (Å²) in [6.07, 6.45) is 1.28. The van der Waals surface area contributed by atoms with Gasteiger partial charge in [0.1, 0.15) is 0 Å². The van der Waals surface area contributed by atoms with Crippen molar-refractivity contribution in [2.24, 2.45) is 5.92 Å². The Morgan fingerprint density at radius 3 is 2.00 bits per heavy atom. The fourth-order valence-corrected chi connectivity index (χ4v) is 6.50. The van der Waals surface area contributed by atoms with Crippen LogP contribution in [0, 0.1) is 5.92 Å². The molecule has 0 N–H and O–H groups in total. The molecule has 0 amide bonds. The molecule has 2 bridgehead atoms. The zero-order valence-electron chi connectivity index (χ0n) is 8.59. The van der Waals surface area contributed by atoms with Crippen LogP contribution in [0.5, 0.6) is 0 Å². The van der Waals surface area contributed by atoms with Gasteiger partial charge in [0, 0.05) is 0 Å². The molecule has 0 aromatic rings. The average Bonchev–Trinajstić information content (AvgIpc) is 2.69. The number of halogens is 8. The van der Waals surface area contributed by atoms with Gasteiger partial charge in [-0.15, -0.1) is 23.2 Å². The van der Waals surface area contributed by atoms with Crippen molar-refractivity contribution in [2.45, 2.75) is 36.1 Å². The lowest BCUT2D eigenvalue weighted by Gasteiger charge is -2.38. The van der Waals surface area contributed by atoms with Crippen LogP contribution in [0.2, 0.25) is 0 Å². The van der Waals surface area contributed by atoms with Crippen molar-refractivity contribution < 1.29 is 0 Å². The highest BCUT2D eigenvalue weighted by molar-refractivity contribution is 6.73. The number of fused-ring (bicyclic) bond motifs is 4. The van der Waals surface area contributed by atoms with Crippen molar-refractivity contribution in [1.82, 2.24) is 0 Å². The van der Waals surface area contributed by atoms with E-state index in [1.165, 1.54) is 0 Å². The molecule has 3 atom stereocenters. The summed E-state index contributed by atoms with van der Waals surface area (Å²) in [5.41, 5.74) is 1.14. The number of allylic oxidation sites excluding steroid dienone is 2. The first kappa shape index (κ1) is 15.0. The molecule has 0 radical (unpaired) electrons. The van der Waals surface area contributed by atoms with Crippen LogP contribution in [-0.4, -0.2) is 23.3 Å². The van der Waals surface area contributed by atoms with Gasteiger partial charge in [-0.3, -0.25) is 0 Å². The van der Waals surface area contributed by atoms with Crippen LogP contribution in [0.25, 0.3) is 0 Å². The van der Waals surface area contributed by atoms with E-state index < -0.39 is 17.9 Å². The van der Waals surface area contributed by atoms with Gasteiger partial charge in [0.2, 0.25) is 0 Å². The molecule has 0 spiro atoms. The highest BCUT2D eigenvalue weighted by Gasteiger charge is 2.78. The lowest BCUT2D eigenvalue weighted by atomic mass is 9.92. The third-order valence-corrected chi connectivity index (χ3v) is 9.16. The molecule has 0 aliphatic heterocycles. The summed E-state index contributed by atoms with van der Waals surface area (Å²) in [6.45, 7) is 0. The molecule has 3 aliphatic rings. The van der Waals surface area contributed by atoms with Crippen molar-refractivity contribution in [2.75, 3.05) is 0 Å². The molecule has 0 heterocycles. The van der Waals surface area contributed by atoms with E-state index in [1.54, 1.807) is 0 Å². The number of alkyl halides is 8. The SMILES string of the molecule is ClC1CC2CC1(Cl)C1=C2C(Cl)(Cl)C(Cl)(Cl)C1(Cl)Cl. The quantitative estimate of drug-likeness (QED) is 0.349. The van der Waals surface area contributed by atoms with E-state index >= 15 is 0 Å². The smallest absolute Gasteiger partial charge is 0.121 e. The fraction of sp³-hybridized carbons (Fsp3) is 0.800. The van der Waals surface area contributed by atoms with Gasteiger partial charge in [-0.05, 0) is 29.9 Å². The third-order valence-electron chi connectivity index (χ3n) is 4.07. The second-order valence-electron chi connectivity index (χ2n) is 4.98. The molecule has 3 rings (SSSR count). The standard InChI is InChI=1S/C10H6Cl8/c11-4-1-3-2-7(4,12)6-5(3)8(13,14)10(17,18)9(6,15)16/h3-4H,1-2H2. The van der Waals surface area contributed by atoms with Crippen molar-refractivity contribution in [3.8, 4) is 0 Å². The Morgan fingerprint density at radius 2 is 1.44 bits per heavy atom. The molecule has 1 saturated carbocycles. The molecule has 3 aliphatic carbocycles. The summed E-state index contributed by atoms with van der Waals surface area (Å²) < 4.78 is -4.98. The molecule has 8 heteroatoms. The van der Waals surface area contributed by atoms with Gasteiger partial charge in [-0.25, -0.2) is 0 Å². The van der Waals surface area contributed by atoms with E-state index in [0.29, 0.717) is 24.0 Å². The Balaban J connectivity index is 2.28. The minimum absolute atomic E-state index is 0.0197. The largest absolute Gasteiger partial charge is 0.191 e. The minimum Gasteiger partial charge on any atom is -0.121 e. The first-order chi connectivity index (χ1) is 7.98. The van der Waals surface area contributed by atoms with Gasteiger partial charge in [0.05, 0.1) is 10.3 Å². The second-order valence-corrected chi connectivity index (χ2v) is 10.2. The lowest BCUT2D eigenvalue weighted by Crippen LogP contribution is -2.48. The van der Waals surface area contributed by atoms with E-state index in [0.717, 1.165) is 0 Å². The Morgan fingerprint density at radius 1 is 0.889 bits per heavy atom. The van der Waals surface area contributed by atoms with Crippen LogP contribution in [-0.2, 0) is 0 Å². The summed E-state index contributed by atoms with van der Waals surface area (Å²) in [4.78, 5) is -0.869. The first-order valence-corrected chi connectivity index (χ1v) is 8.28. The summed E-state index contributed by atoms with van der Waals surface area (Å²) in [6, 6.07) is 0. The highest BCUT2D eigenvalue weighted by atomic mass is 35.5. The monoisotopic (exact) mass is 406 g/mol. The molecule has 0 saturated heterocycles. The van der Waals surface area contributed by atoms with Gasteiger partial charge in [-0.2, -0.15) is 0 Å². The fourth-order valence-electron chi connectivity index (χ4n) is 3.28. The van der Waals surface area contributed by atoms with Gasteiger partial charge < -0.3 is 0 Å². The van der Waals surface area contributed by atoms with Crippen LogP contribution in [0.1, 0.15) is 12.8 Å². The number of hydrogen-bond acceptors (Lipinski definition) is 0. The molecular weight excluding hydrogens is 404 g/mol. The zero-order chi connectivity index (χ0) is 13.7. The molecular formula is C10H6Cl8. The van der Waals surface area contributed by atoms with Gasteiger partial charge >= 0.3 is 0 Å². The predicted octanol–water partition coefficient (Wildman–Crippen LogP) is 5.83. The molecule has 3 unspecified atom stereocenters. The average molecular weight is 410 g/mol. The summed E-state index contributed by atoms with van der Waals surface area (Å²) in [7, 11) is 0. The Labute approximate surface area is 145 Å². The van der Waals surface area contributed by atoms with Gasteiger partial charge in [0.25, 0.3) is 0 Å². The first-order valence-electron chi connectivity index (χ1n) is 5.20. The number of hydrogen-bond donors (Lipinski definition) is 0. The van der Waals surface area contributed by atoms with Crippen molar-refractivity contribution in [3.05, 3.63) is 11.1 Å². The van der Waals surface area contributed by atoms with Gasteiger partial charge in [-0.1, -0.05) is 69.6 Å². The zero-order valence-corrected chi connectivity index (χ0v) is 14.6. The molecule has 102 valence electrons. The maximum absolute atomic E-state index is 6.59. The summed E-state index contributed by atoms with van der Waals surface area (Å²) in [5, 5.41) is -0.286. The Hall–Kier alpha value is 2.06. The van der Waals surface area contributed by atoms with E-state index in [2.05, 4.69) is 0 Å². The second kappa shape index (κ2) is 3.87.